The smallest absolute Gasteiger partial charge is 0.294 e. The molecule has 0 aromatic carbocycles. The normalized spacial score (nSPS) is 10.4. The molecule has 0 bridgehead atoms. The average Bonchev–Trinajstić information content (AvgIpc) is 3.10. The van der Waals surface area contributed by atoms with E-state index in [0.717, 1.165) is 0 Å². The molecule has 0 aliphatic rings. The predicted octanol–water partition coefficient (Wildman–Crippen LogP) is 1.53. The van der Waals surface area contributed by atoms with E-state index < -0.39 is 17.2 Å². The Balaban J connectivity index is 1.86. The summed E-state index contributed by atoms with van der Waals surface area (Å²) in [6, 6.07) is 8.88. The molecule has 0 aliphatic heterocycles. The Morgan fingerprint density at radius 3 is 2.87 bits per heavy atom. The Hall–Kier alpha value is -3.00. The number of aromatic amines is 1. The van der Waals surface area contributed by atoms with Crippen molar-refractivity contribution >= 4 is 17.2 Å². The fraction of sp³-hybridized carbons (Fsp3) is 0.0667. The average molecular weight is 328 g/mol. The van der Waals surface area contributed by atoms with Crippen molar-refractivity contribution in [3.8, 4) is 16.5 Å². The molecule has 8 heteroatoms. The number of carbonyl (C=O) groups is 1. The van der Waals surface area contributed by atoms with Gasteiger partial charge >= 0.3 is 0 Å². The van der Waals surface area contributed by atoms with Crippen LogP contribution in [-0.2, 0) is 6.54 Å². The van der Waals surface area contributed by atoms with Crippen molar-refractivity contribution in [3.63, 3.8) is 0 Å². The second-order valence-electron chi connectivity index (χ2n) is 4.59. The lowest BCUT2D eigenvalue weighted by Crippen LogP contribution is -2.26. The maximum Gasteiger partial charge on any atom is 0.294 e. The molecule has 0 spiro atoms. The van der Waals surface area contributed by atoms with Gasteiger partial charge in [0.1, 0.15) is 0 Å². The molecule has 0 fully saturated rings. The molecule has 3 N–H and O–H groups in total. The van der Waals surface area contributed by atoms with E-state index in [9.17, 15) is 14.7 Å². The van der Waals surface area contributed by atoms with E-state index in [2.05, 4.69) is 20.3 Å². The van der Waals surface area contributed by atoms with E-state index in [1.807, 2.05) is 5.38 Å². The van der Waals surface area contributed by atoms with Gasteiger partial charge in [-0.1, -0.05) is 12.1 Å². The highest BCUT2D eigenvalue weighted by atomic mass is 32.1. The first-order chi connectivity index (χ1) is 11.1. The number of hydrogen-bond acceptors (Lipinski definition) is 6. The quantitative estimate of drug-likeness (QED) is 0.673. The fourth-order valence-corrected chi connectivity index (χ4v) is 2.58. The molecule has 3 heterocycles. The van der Waals surface area contributed by atoms with Crippen molar-refractivity contribution in [1.82, 2.24) is 20.3 Å². The lowest BCUT2D eigenvalue weighted by atomic mass is 10.3. The number of aromatic hydroxyl groups is 1. The summed E-state index contributed by atoms with van der Waals surface area (Å²) in [6.07, 6.45) is 1.61. The number of aromatic nitrogens is 3. The summed E-state index contributed by atoms with van der Waals surface area (Å²) in [6.45, 7) is 0.169. The maximum absolute atomic E-state index is 12.2. The topological polar surface area (TPSA) is 108 Å². The van der Waals surface area contributed by atoms with Crippen LogP contribution in [0.25, 0.3) is 10.7 Å². The molecular formula is C15H12N4O3S. The van der Waals surface area contributed by atoms with Crippen molar-refractivity contribution < 1.29 is 9.90 Å². The van der Waals surface area contributed by atoms with Gasteiger partial charge in [0.05, 0.1) is 17.1 Å². The lowest BCUT2D eigenvalue weighted by Gasteiger charge is -2.07. The molecule has 3 aromatic rings. The minimum atomic E-state index is -0.758. The van der Waals surface area contributed by atoms with Gasteiger partial charge in [-0.3, -0.25) is 14.6 Å². The number of hydrogen-bond donors (Lipinski definition) is 3. The highest BCUT2D eigenvalue weighted by Crippen LogP contribution is 2.21. The van der Waals surface area contributed by atoms with Crippen LogP contribution in [0.1, 0.15) is 16.2 Å². The van der Waals surface area contributed by atoms with Crippen LogP contribution in [0.2, 0.25) is 0 Å². The molecule has 23 heavy (non-hydrogen) atoms. The van der Waals surface area contributed by atoms with E-state index in [-0.39, 0.29) is 18.1 Å². The minimum absolute atomic E-state index is 0.169. The van der Waals surface area contributed by atoms with E-state index in [1.54, 1.807) is 36.5 Å². The number of carbonyl (C=O) groups excluding carboxylic acids is 1. The molecular weight excluding hydrogens is 316 g/mol. The molecule has 3 aromatic heterocycles. The summed E-state index contributed by atoms with van der Waals surface area (Å²) in [5.41, 5.74) is -0.414. The van der Waals surface area contributed by atoms with Crippen LogP contribution in [0.15, 0.2) is 46.7 Å². The molecule has 0 saturated heterocycles. The Morgan fingerprint density at radius 1 is 1.30 bits per heavy atom. The number of H-pyrrole nitrogens is 1. The van der Waals surface area contributed by atoms with Crippen LogP contribution in [0.3, 0.4) is 0 Å². The summed E-state index contributed by atoms with van der Waals surface area (Å²) in [7, 11) is 0. The van der Waals surface area contributed by atoms with Gasteiger partial charge in [0, 0.05) is 6.20 Å². The second kappa shape index (κ2) is 6.41. The van der Waals surface area contributed by atoms with Crippen LogP contribution in [0.4, 0.5) is 0 Å². The SMILES string of the molecule is O=C(NCc1ccccn1)c1nc(-c2cccs2)[nH]c(=O)c1O. The second-order valence-corrected chi connectivity index (χ2v) is 5.54. The molecule has 116 valence electrons. The summed E-state index contributed by atoms with van der Waals surface area (Å²) in [5, 5.41) is 14.2. The van der Waals surface area contributed by atoms with Gasteiger partial charge in [-0.15, -0.1) is 11.3 Å². The van der Waals surface area contributed by atoms with Gasteiger partial charge in [-0.2, -0.15) is 0 Å². The molecule has 0 radical (unpaired) electrons. The number of rotatable bonds is 4. The van der Waals surface area contributed by atoms with Crippen molar-refractivity contribution in [3.05, 3.63) is 63.7 Å². The zero-order valence-corrected chi connectivity index (χ0v) is 12.6. The zero-order chi connectivity index (χ0) is 16.2. The number of pyridine rings is 1. The standard InChI is InChI=1S/C15H12N4O3S/c20-12-11(14(21)17-8-9-4-1-2-6-16-9)18-13(19-15(12)22)10-5-3-7-23-10/h1-7,20H,8H2,(H,17,21)(H,18,19,22). The van der Waals surface area contributed by atoms with E-state index >= 15 is 0 Å². The van der Waals surface area contributed by atoms with Crippen LogP contribution >= 0.6 is 11.3 Å². The molecule has 0 saturated carbocycles. The largest absolute Gasteiger partial charge is 0.501 e. The number of nitrogens with zero attached hydrogens (tertiary/aromatic N) is 2. The minimum Gasteiger partial charge on any atom is -0.501 e. The van der Waals surface area contributed by atoms with E-state index in [0.29, 0.717) is 10.6 Å². The van der Waals surface area contributed by atoms with Gasteiger partial charge < -0.3 is 15.4 Å². The summed E-state index contributed by atoms with van der Waals surface area (Å²) >= 11 is 1.37. The molecule has 3 rings (SSSR count). The lowest BCUT2D eigenvalue weighted by molar-refractivity contribution is 0.0942. The van der Waals surface area contributed by atoms with Crippen LogP contribution in [0, 0.1) is 0 Å². The van der Waals surface area contributed by atoms with Gasteiger partial charge in [0.15, 0.2) is 11.5 Å². The Morgan fingerprint density at radius 2 is 2.17 bits per heavy atom. The van der Waals surface area contributed by atoms with E-state index in [1.165, 1.54) is 11.3 Å². The molecule has 0 aliphatic carbocycles. The monoisotopic (exact) mass is 328 g/mol. The molecule has 0 unspecified atom stereocenters. The molecule has 0 atom stereocenters. The fourth-order valence-electron chi connectivity index (χ4n) is 1.91. The zero-order valence-electron chi connectivity index (χ0n) is 11.8. The predicted molar refractivity (Wildman–Crippen MR) is 85.2 cm³/mol. The first-order valence-electron chi connectivity index (χ1n) is 6.70. The third-order valence-electron chi connectivity index (χ3n) is 3.02. The van der Waals surface area contributed by atoms with Crippen molar-refractivity contribution in [1.29, 1.82) is 0 Å². The number of nitrogens with one attached hydrogen (secondary N) is 2. The van der Waals surface area contributed by atoms with Crippen LogP contribution in [-0.4, -0.2) is 26.0 Å². The molecule has 7 nitrogen and oxygen atoms in total. The number of thiophene rings is 1. The first-order valence-corrected chi connectivity index (χ1v) is 7.58. The van der Waals surface area contributed by atoms with Crippen molar-refractivity contribution in [2.45, 2.75) is 6.54 Å². The maximum atomic E-state index is 12.2. The molecule has 1 amide bonds. The summed E-state index contributed by atoms with van der Waals surface area (Å²) in [4.78, 5) is 35.3. The van der Waals surface area contributed by atoms with Gasteiger partial charge in [-0.05, 0) is 23.6 Å². The van der Waals surface area contributed by atoms with Crippen molar-refractivity contribution in [2.24, 2.45) is 0 Å². The van der Waals surface area contributed by atoms with Crippen molar-refractivity contribution in [2.75, 3.05) is 0 Å². The van der Waals surface area contributed by atoms with Crippen LogP contribution < -0.4 is 10.9 Å². The highest BCUT2D eigenvalue weighted by molar-refractivity contribution is 7.13. The Bertz CT molecular complexity index is 875. The third-order valence-corrected chi connectivity index (χ3v) is 3.90. The van der Waals surface area contributed by atoms with Gasteiger partial charge in [-0.25, -0.2) is 4.98 Å². The summed E-state index contributed by atoms with van der Waals surface area (Å²) in [5.74, 6) is -1.10. The number of amides is 1. The summed E-state index contributed by atoms with van der Waals surface area (Å²) < 4.78 is 0. The first kappa shape index (κ1) is 14.9. The third kappa shape index (κ3) is 3.27. The van der Waals surface area contributed by atoms with Gasteiger partial charge in [0.25, 0.3) is 11.5 Å². The Kier molecular flexibility index (Phi) is 4.15. The highest BCUT2D eigenvalue weighted by Gasteiger charge is 2.18. The van der Waals surface area contributed by atoms with E-state index in [4.69, 9.17) is 0 Å². The van der Waals surface area contributed by atoms with Crippen LogP contribution in [0.5, 0.6) is 5.75 Å². The Labute approximate surface area is 134 Å². The van der Waals surface area contributed by atoms with Gasteiger partial charge in [0.2, 0.25) is 5.75 Å².